The molecule has 0 aromatic heterocycles. The Labute approximate surface area is 159 Å². The number of anilines is 1. The fraction of sp³-hybridized carbons (Fsp3) is 0.118. The average Bonchev–Trinajstić information content (AvgIpc) is 2.67. The molecule has 2 rings (SSSR count). The quantitative estimate of drug-likeness (QED) is 0.321. The van der Waals surface area contributed by atoms with Crippen LogP contribution in [0.5, 0.6) is 11.5 Å². The van der Waals surface area contributed by atoms with E-state index >= 15 is 0 Å². The molecule has 0 aliphatic carbocycles. The lowest BCUT2D eigenvalue weighted by Crippen LogP contribution is -2.37. The molecule has 0 saturated carbocycles. The van der Waals surface area contributed by atoms with Gasteiger partial charge in [0.2, 0.25) is 0 Å². The van der Waals surface area contributed by atoms with Crippen LogP contribution in [0.2, 0.25) is 0 Å². The van der Waals surface area contributed by atoms with Gasteiger partial charge in [0.05, 0.1) is 18.2 Å². The fourth-order valence-corrected chi connectivity index (χ4v) is 2.04. The van der Waals surface area contributed by atoms with Crippen LogP contribution in [0.4, 0.5) is 16.2 Å². The second-order valence-electron chi connectivity index (χ2n) is 5.34. The largest absolute Gasteiger partial charge is 0.504 e. The Morgan fingerprint density at radius 2 is 2.07 bits per heavy atom. The van der Waals surface area contributed by atoms with Crippen LogP contribution in [0.25, 0.3) is 0 Å². The number of carbonyl (C=O) groups is 2. The number of methoxy groups -OCH3 is 1. The van der Waals surface area contributed by atoms with Crippen molar-refractivity contribution in [1.29, 1.82) is 0 Å². The molecule has 28 heavy (non-hydrogen) atoms. The van der Waals surface area contributed by atoms with Crippen molar-refractivity contribution in [2.75, 3.05) is 19.0 Å². The number of hydrazone groups is 1. The van der Waals surface area contributed by atoms with Gasteiger partial charge in [-0.15, -0.1) is 0 Å². The summed E-state index contributed by atoms with van der Waals surface area (Å²) < 4.78 is 4.91. The first kappa shape index (κ1) is 20.2. The number of nitrogens with one attached hydrogen (secondary N) is 3. The fourth-order valence-electron chi connectivity index (χ4n) is 2.04. The predicted octanol–water partition coefficient (Wildman–Crippen LogP) is 1.58. The van der Waals surface area contributed by atoms with Crippen LogP contribution >= 0.6 is 0 Å². The molecule has 0 radical (unpaired) electrons. The number of nitro groups is 1. The van der Waals surface area contributed by atoms with Gasteiger partial charge < -0.3 is 20.5 Å². The molecule has 11 heteroatoms. The summed E-state index contributed by atoms with van der Waals surface area (Å²) in [6.45, 7) is -0.369. The highest BCUT2D eigenvalue weighted by atomic mass is 16.6. The summed E-state index contributed by atoms with van der Waals surface area (Å²) in [7, 11) is 1.42. The summed E-state index contributed by atoms with van der Waals surface area (Å²) in [5.41, 5.74) is 2.77. The first-order chi connectivity index (χ1) is 13.4. The summed E-state index contributed by atoms with van der Waals surface area (Å²) in [6, 6.07) is 9.23. The Morgan fingerprint density at radius 1 is 1.29 bits per heavy atom. The highest BCUT2D eigenvalue weighted by Gasteiger charge is 2.09. The number of nitrogens with zero attached hydrogens (tertiary/aromatic N) is 2. The van der Waals surface area contributed by atoms with E-state index in [-0.39, 0.29) is 23.7 Å². The predicted molar refractivity (Wildman–Crippen MR) is 101 cm³/mol. The third-order valence-electron chi connectivity index (χ3n) is 3.33. The van der Waals surface area contributed by atoms with Crippen molar-refractivity contribution in [1.82, 2.24) is 10.7 Å². The number of carbonyl (C=O) groups excluding carboxylic acids is 2. The molecule has 2 aromatic rings. The van der Waals surface area contributed by atoms with Crippen LogP contribution in [-0.2, 0) is 4.79 Å². The Hall–Kier alpha value is -4.15. The van der Waals surface area contributed by atoms with Gasteiger partial charge in [0.25, 0.3) is 11.6 Å². The lowest BCUT2D eigenvalue weighted by Gasteiger charge is -2.06. The number of hydrogen-bond donors (Lipinski definition) is 4. The smallest absolute Gasteiger partial charge is 0.319 e. The van der Waals surface area contributed by atoms with E-state index in [1.54, 1.807) is 12.1 Å². The first-order valence-electron chi connectivity index (χ1n) is 7.87. The zero-order chi connectivity index (χ0) is 20.5. The summed E-state index contributed by atoms with van der Waals surface area (Å²) in [6.07, 6.45) is 1.31. The van der Waals surface area contributed by atoms with Crippen LogP contribution < -0.4 is 20.8 Å². The molecule has 0 bridgehead atoms. The molecule has 0 atom stereocenters. The van der Waals surface area contributed by atoms with Crippen molar-refractivity contribution < 1.29 is 24.4 Å². The topological polar surface area (TPSA) is 155 Å². The Kier molecular flexibility index (Phi) is 6.86. The minimum atomic E-state index is -0.709. The number of amides is 3. The molecule has 0 saturated heterocycles. The number of rotatable bonds is 7. The van der Waals surface area contributed by atoms with Crippen LogP contribution in [0.15, 0.2) is 47.6 Å². The van der Waals surface area contributed by atoms with Crippen molar-refractivity contribution in [3.63, 3.8) is 0 Å². The van der Waals surface area contributed by atoms with Gasteiger partial charge in [0.1, 0.15) is 6.54 Å². The standard InChI is InChI=1S/C17H17N5O6/c1-28-15-6-5-11(7-14(15)23)9-19-21-16(24)10-18-17(25)20-12-3-2-4-13(8-12)22(26)27/h2-9,23H,10H2,1H3,(H,21,24)(H2,18,20,25)/b19-9+. The Balaban J connectivity index is 1.79. The van der Waals surface area contributed by atoms with Gasteiger partial charge in [0.15, 0.2) is 11.5 Å². The minimum absolute atomic E-state index is 0.0720. The van der Waals surface area contributed by atoms with Crippen LogP contribution in [0, 0.1) is 10.1 Å². The van der Waals surface area contributed by atoms with Crippen LogP contribution in [-0.4, -0.2) is 41.8 Å². The van der Waals surface area contributed by atoms with Gasteiger partial charge >= 0.3 is 6.03 Å². The van der Waals surface area contributed by atoms with Crippen molar-refractivity contribution in [2.45, 2.75) is 0 Å². The molecule has 0 aliphatic rings. The van der Waals surface area contributed by atoms with Gasteiger partial charge in [-0.2, -0.15) is 5.10 Å². The maximum atomic E-state index is 11.7. The number of nitro benzene ring substituents is 1. The van der Waals surface area contributed by atoms with Crippen molar-refractivity contribution in [3.8, 4) is 11.5 Å². The molecule has 0 spiro atoms. The van der Waals surface area contributed by atoms with Gasteiger partial charge in [0, 0.05) is 17.8 Å². The SMILES string of the molecule is COc1ccc(/C=N/NC(=O)CNC(=O)Nc2cccc([N+](=O)[O-])c2)cc1O. The highest BCUT2D eigenvalue weighted by Crippen LogP contribution is 2.25. The molecule has 11 nitrogen and oxygen atoms in total. The molecule has 0 aliphatic heterocycles. The second kappa shape index (κ2) is 9.52. The average molecular weight is 387 g/mol. The van der Waals surface area contributed by atoms with Gasteiger partial charge in [-0.1, -0.05) is 6.07 Å². The second-order valence-corrected chi connectivity index (χ2v) is 5.34. The Morgan fingerprint density at radius 3 is 2.75 bits per heavy atom. The van der Waals surface area contributed by atoms with Gasteiger partial charge in [-0.3, -0.25) is 14.9 Å². The van der Waals surface area contributed by atoms with E-state index in [4.69, 9.17) is 4.74 Å². The van der Waals surface area contributed by atoms with E-state index in [1.165, 1.54) is 43.7 Å². The zero-order valence-corrected chi connectivity index (χ0v) is 14.7. The number of aromatic hydroxyl groups is 1. The summed E-state index contributed by atoms with van der Waals surface area (Å²) in [5.74, 6) is -0.361. The minimum Gasteiger partial charge on any atom is -0.504 e. The molecule has 0 fully saturated rings. The number of non-ortho nitro benzene ring substituents is 1. The van der Waals surface area contributed by atoms with E-state index in [0.717, 1.165) is 0 Å². The molecule has 3 amide bonds. The molecular formula is C17H17N5O6. The lowest BCUT2D eigenvalue weighted by molar-refractivity contribution is -0.384. The van der Waals surface area contributed by atoms with E-state index < -0.39 is 16.9 Å². The van der Waals surface area contributed by atoms with Gasteiger partial charge in [-0.25, -0.2) is 10.2 Å². The third-order valence-corrected chi connectivity index (χ3v) is 3.33. The highest BCUT2D eigenvalue weighted by molar-refractivity contribution is 5.92. The monoisotopic (exact) mass is 387 g/mol. The number of phenolic OH excluding ortho intramolecular Hbond substituents is 1. The van der Waals surface area contributed by atoms with E-state index in [2.05, 4.69) is 21.2 Å². The normalized spacial score (nSPS) is 10.3. The van der Waals surface area contributed by atoms with E-state index in [1.807, 2.05) is 0 Å². The van der Waals surface area contributed by atoms with Crippen molar-refractivity contribution in [3.05, 3.63) is 58.1 Å². The van der Waals surface area contributed by atoms with Crippen molar-refractivity contribution in [2.24, 2.45) is 5.10 Å². The summed E-state index contributed by atoms with van der Waals surface area (Å²) >= 11 is 0. The number of hydrogen-bond acceptors (Lipinski definition) is 7. The lowest BCUT2D eigenvalue weighted by atomic mass is 10.2. The zero-order valence-electron chi connectivity index (χ0n) is 14.7. The van der Waals surface area contributed by atoms with Crippen molar-refractivity contribution >= 4 is 29.5 Å². The summed E-state index contributed by atoms with van der Waals surface area (Å²) in [4.78, 5) is 33.5. The maximum absolute atomic E-state index is 11.7. The number of phenols is 1. The molecule has 146 valence electrons. The number of benzene rings is 2. The van der Waals surface area contributed by atoms with Crippen LogP contribution in [0.1, 0.15) is 5.56 Å². The Bertz CT molecular complexity index is 915. The molecule has 0 heterocycles. The third kappa shape index (κ3) is 5.98. The number of urea groups is 1. The molecular weight excluding hydrogens is 370 g/mol. The van der Waals surface area contributed by atoms with E-state index in [0.29, 0.717) is 11.3 Å². The van der Waals surface area contributed by atoms with E-state index in [9.17, 15) is 24.8 Å². The molecule has 0 unspecified atom stereocenters. The van der Waals surface area contributed by atoms with Crippen LogP contribution in [0.3, 0.4) is 0 Å². The summed E-state index contributed by atoms with van der Waals surface area (Å²) in [5, 5.41) is 28.7. The maximum Gasteiger partial charge on any atom is 0.319 e. The molecule has 4 N–H and O–H groups in total. The van der Waals surface area contributed by atoms with Gasteiger partial charge in [-0.05, 0) is 29.8 Å². The first-order valence-corrected chi connectivity index (χ1v) is 7.87. The molecule has 2 aromatic carbocycles. The number of ether oxygens (including phenoxy) is 1.